The summed E-state index contributed by atoms with van der Waals surface area (Å²) in [4.78, 5) is 39.5. The number of nitrogens with one attached hydrogen (secondary N) is 2. The Kier molecular flexibility index (Phi) is 5.28. The van der Waals surface area contributed by atoms with Crippen molar-refractivity contribution >= 4 is 28.5 Å². The predicted octanol–water partition coefficient (Wildman–Crippen LogP) is 3.63. The zero-order valence-corrected chi connectivity index (χ0v) is 16.8. The molecule has 7 heteroatoms. The van der Waals surface area contributed by atoms with Crippen LogP contribution in [0.25, 0.3) is 11.0 Å². The molecule has 1 fully saturated rings. The number of fused-ring (bicyclic) bond motifs is 1. The highest BCUT2D eigenvalue weighted by Crippen LogP contribution is 2.38. The number of aromatic amines is 1. The Morgan fingerprint density at radius 1 is 1.21 bits per heavy atom. The molecule has 2 N–H and O–H groups in total. The molecule has 1 aliphatic rings. The van der Waals surface area contributed by atoms with Gasteiger partial charge in [-0.3, -0.25) is 14.4 Å². The Morgan fingerprint density at radius 2 is 1.93 bits per heavy atom. The Bertz CT molecular complexity index is 1180. The van der Waals surface area contributed by atoms with Crippen molar-refractivity contribution < 1.29 is 4.79 Å². The van der Waals surface area contributed by atoms with Crippen LogP contribution < -0.4 is 16.4 Å². The molecular weight excluding hydrogens is 390 g/mol. The Morgan fingerprint density at radius 3 is 2.55 bits per heavy atom. The first kappa shape index (κ1) is 19.5. The van der Waals surface area contributed by atoms with Gasteiger partial charge in [0.15, 0.2) is 0 Å². The summed E-state index contributed by atoms with van der Waals surface area (Å²) in [6.07, 6.45) is 3.30. The largest absolute Gasteiger partial charge is 0.345 e. The Hall–Kier alpha value is -2.86. The van der Waals surface area contributed by atoms with Crippen molar-refractivity contribution in [2.45, 2.75) is 38.8 Å². The Balaban J connectivity index is 1.66. The third-order valence-electron chi connectivity index (χ3n) is 5.69. The number of rotatable bonds is 5. The number of aryl methyl sites for hydroxylation is 1. The number of amides is 1. The minimum atomic E-state index is -0.689. The second-order valence-corrected chi connectivity index (χ2v) is 7.87. The minimum absolute atomic E-state index is 0.0899. The predicted molar refractivity (Wildman–Crippen MR) is 114 cm³/mol. The van der Waals surface area contributed by atoms with Crippen LogP contribution in [0, 0.1) is 5.92 Å². The van der Waals surface area contributed by atoms with E-state index < -0.39 is 11.1 Å². The lowest BCUT2D eigenvalue weighted by Gasteiger charge is -2.34. The molecule has 6 nitrogen and oxygen atoms in total. The Labute approximate surface area is 172 Å². The van der Waals surface area contributed by atoms with Crippen LogP contribution in [0.15, 0.2) is 52.1 Å². The van der Waals surface area contributed by atoms with Gasteiger partial charge in [0.25, 0.3) is 5.91 Å². The number of halogens is 1. The summed E-state index contributed by atoms with van der Waals surface area (Å²) in [6, 6.07) is 12.5. The van der Waals surface area contributed by atoms with Crippen molar-refractivity contribution in [1.82, 2.24) is 14.9 Å². The van der Waals surface area contributed by atoms with Crippen LogP contribution in [-0.2, 0) is 6.54 Å². The van der Waals surface area contributed by atoms with Gasteiger partial charge in [-0.2, -0.15) is 0 Å². The van der Waals surface area contributed by atoms with E-state index in [4.69, 9.17) is 11.6 Å². The van der Waals surface area contributed by atoms with E-state index in [2.05, 4.69) is 10.3 Å². The van der Waals surface area contributed by atoms with E-state index in [9.17, 15) is 14.4 Å². The number of aromatic nitrogens is 2. The van der Waals surface area contributed by atoms with E-state index in [0.717, 1.165) is 24.8 Å². The molecule has 0 aliphatic heterocycles. The van der Waals surface area contributed by atoms with E-state index in [-0.39, 0.29) is 11.9 Å². The molecule has 150 valence electrons. The number of carbonyl (C=O) groups excluding carboxylic acids is 1. The van der Waals surface area contributed by atoms with Crippen molar-refractivity contribution in [3.05, 3.63) is 79.3 Å². The van der Waals surface area contributed by atoms with Crippen LogP contribution in [0.2, 0.25) is 5.02 Å². The zero-order valence-electron chi connectivity index (χ0n) is 16.1. The maximum atomic E-state index is 13.0. The van der Waals surface area contributed by atoms with Crippen LogP contribution in [0.3, 0.4) is 0 Å². The first-order valence-electron chi connectivity index (χ1n) is 9.81. The number of nitrogens with zero attached hydrogens (tertiary/aromatic N) is 1. The average Bonchev–Trinajstić information content (AvgIpc) is 2.67. The van der Waals surface area contributed by atoms with Crippen LogP contribution in [0.5, 0.6) is 0 Å². The fourth-order valence-corrected chi connectivity index (χ4v) is 4.00. The third kappa shape index (κ3) is 3.72. The van der Waals surface area contributed by atoms with Crippen molar-refractivity contribution in [3.63, 3.8) is 0 Å². The second-order valence-electron chi connectivity index (χ2n) is 7.43. The van der Waals surface area contributed by atoms with Gasteiger partial charge in [-0.15, -0.1) is 0 Å². The fraction of sp³-hybridized carbons (Fsp3) is 0.318. The lowest BCUT2D eigenvalue weighted by Crippen LogP contribution is -2.37. The highest BCUT2D eigenvalue weighted by Gasteiger charge is 2.30. The first-order chi connectivity index (χ1) is 14.0. The lowest BCUT2D eigenvalue weighted by atomic mass is 9.77. The van der Waals surface area contributed by atoms with Crippen molar-refractivity contribution in [1.29, 1.82) is 0 Å². The van der Waals surface area contributed by atoms with E-state index >= 15 is 0 Å². The molecule has 0 radical (unpaired) electrons. The van der Waals surface area contributed by atoms with Gasteiger partial charge in [-0.25, -0.2) is 0 Å². The van der Waals surface area contributed by atoms with Crippen molar-refractivity contribution in [2.24, 2.45) is 5.92 Å². The van der Waals surface area contributed by atoms with E-state index in [0.29, 0.717) is 34.1 Å². The fourth-order valence-electron chi connectivity index (χ4n) is 3.88. The van der Waals surface area contributed by atoms with Gasteiger partial charge < -0.3 is 14.9 Å². The minimum Gasteiger partial charge on any atom is -0.345 e. The summed E-state index contributed by atoms with van der Waals surface area (Å²) in [7, 11) is 0. The van der Waals surface area contributed by atoms with Gasteiger partial charge in [0.2, 0.25) is 0 Å². The highest BCUT2D eigenvalue weighted by molar-refractivity contribution is 6.30. The number of hydrogen-bond donors (Lipinski definition) is 2. The molecule has 1 saturated carbocycles. The highest BCUT2D eigenvalue weighted by atomic mass is 35.5. The van der Waals surface area contributed by atoms with E-state index in [1.165, 1.54) is 4.57 Å². The maximum Gasteiger partial charge on any atom is 0.316 e. The van der Waals surface area contributed by atoms with Gasteiger partial charge in [0.1, 0.15) is 0 Å². The molecule has 1 aliphatic carbocycles. The molecule has 1 aromatic heterocycles. The van der Waals surface area contributed by atoms with E-state index in [1.54, 1.807) is 25.1 Å². The van der Waals surface area contributed by atoms with Gasteiger partial charge in [-0.1, -0.05) is 30.2 Å². The van der Waals surface area contributed by atoms with Gasteiger partial charge >= 0.3 is 11.1 Å². The topological polar surface area (TPSA) is 84.0 Å². The molecule has 1 amide bonds. The standard InChI is InChI=1S/C22H22ClN3O3/c1-2-26-18-11-8-15(12-17(18)24-21(28)22(26)29)20(27)25-19(13-4-3-5-13)14-6-9-16(23)10-7-14/h6-13,19H,2-5H2,1H3,(H,24,28)(H,25,27). The molecule has 1 heterocycles. The van der Waals surface area contributed by atoms with Crippen molar-refractivity contribution in [3.8, 4) is 0 Å². The van der Waals surface area contributed by atoms with Crippen molar-refractivity contribution in [2.75, 3.05) is 0 Å². The first-order valence-corrected chi connectivity index (χ1v) is 10.2. The third-order valence-corrected chi connectivity index (χ3v) is 5.94. The molecule has 2 aromatic carbocycles. The normalized spacial score (nSPS) is 15.1. The summed E-state index contributed by atoms with van der Waals surface area (Å²) in [6.45, 7) is 2.18. The number of carbonyl (C=O) groups is 1. The SMILES string of the molecule is CCn1c(=O)c(=O)[nH]c2cc(C(=O)NC(c3ccc(Cl)cc3)C3CCC3)ccc21. The smallest absolute Gasteiger partial charge is 0.316 e. The second kappa shape index (κ2) is 7.87. The summed E-state index contributed by atoms with van der Waals surface area (Å²) in [5, 5.41) is 3.81. The average molecular weight is 412 g/mol. The van der Waals surface area contributed by atoms with Crippen LogP contribution >= 0.6 is 11.6 Å². The molecule has 1 atom stereocenters. The quantitative estimate of drug-likeness (QED) is 0.629. The number of H-pyrrole nitrogens is 1. The molecule has 1 unspecified atom stereocenters. The summed E-state index contributed by atoms with van der Waals surface area (Å²) in [5.74, 6) is 0.180. The maximum absolute atomic E-state index is 13.0. The number of hydrogen-bond acceptors (Lipinski definition) is 3. The van der Waals surface area contributed by atoms with E-state index in [1.807, 2.05) is 24.3 Å². The van der Waals surface area contributed by atoms with Gasteiger partial charge in [0.05, 0.1) is 17.1 Å². The van der Waals surface area contributed by atoms with Crippen LogP contribution in [-0.4, -0.2) is 15.5 Å². The number of benzene rings is 2. The lowest BCUT2D eigenvalue weighted by molar-refractivity contribution is 0.0901. The molecule has 0 spiro atoms. The summed E-state index contributed by atoms with van der Waals surface area (Å²) < 4.78 is 1.40. The van der Waals surface area contributed by atoms with Crippen LogP contribution in [0.1, 0.15) is 48.1 Å². The summed E-state index contributed by atoms with van der Waals surface area (Å²) in [5.41, 5.74) is 1.25. The molecular formula is C22H22ClN3O3. The summed E-state index contributed by atoms with van der Waals surface area (Å²) >= 11 is 6.01. The molecule has 3 aromatic rings. The van der Waals surface area contributed by atoms with Gasteiger partial charge in [-0.05, 0) is 61.6 Å². The molecule has 0 bridgehead atoms. The molecule has 29 heavy (non-hydrogen) atoms. The van der Waals surface area contributed by atoms with Crippen LogP contribution in [0.4, 0.5) is 0 Å². The van der Waals surface area contributed by atoms with Gasteiger partial charge in [0, 0.05) is 17.1 Å². The molecule has 0 saturated heterocycles. The molecule has 4 rings (SSSR count). The zero-order chi connectivity index (χ0) is 20.5. The monoisotopic (exact) mass is 411 g/mol.